The molecule has 4 atom stereocenters. The maximum atomic E-state index is 12.3. The van der Waals surface area contributed by atoms with Crippen LogP contribution in [0.3, 0.4) is 0 Å². The summed E-state index contributed by atoms with van der Waals surface area (Å²) in [6.07, 6.45) is 21.1. The first kappa shape index (κ1) is 77.4. The SMILES string of the molecule is Brc1cnsc1.C/C=C/[PH+](c1ccccc1)c1ccccc1.C=CCON1C(=O)N2CC=C(B3OC(C)(C)C(C)(C)O3)C1C2.C=CCON1C(=O)N2CC=C(c3cnsc3)C1C2.CCN1C(=O)N2CC=C(c3cnsc3)C1C2.[CH2-]N1C(=O)N2CC=C(c3cnsc3)C1C2.[Na+].c1ccccc1. The van der Waals surface area contributed by atoms with Crippen LogP contribution in [0.1, 0.15) is 58.2 Å². The van der Waals surface area contributed by atoms with Crippen molar-refractivity contribution in [2.75, 3.05) is 72.1 Å². The molecule has 0 saturated carbocycles. The Bertz CT molecular complexity index is 3870. The number of benzene rings is 3. The number of likely N-dealkylation sites (N-methyl/N-ethyl adjacent to an activating group) is 1. The smallest absolute Gasteiger partial charge is 0.470 e. The average molecular weight is 1520 g/mol. The van der Waals surface area contributed by atoms with Gasteiger partial charge in [0, 0.05) is 120 Å². The van der Waals surface area contributed by atoms with Crippen molar-refractivity contribution in [3.05, 3.63) is 239 Å². The third-order valence-electron chi connectivity index (χ3n) is 17.8. The van der Waals surface area contributed by atoms with Crippen molar-refractivity contribution in [2.45, 2.75) is 76.9 Å². The molecule has 28 heteroatoms. The van der Waals surface area contributed by atoms with Crippen LogP contribution in [-0.2, 0) is 19.0 Å². The van der Waals surface area contributed by atoms with Crippen LogP contribution in [0.2, 0.25) is 0 Å². The molecule has 518 valence electrons. The third-order valence-corrected chi connectivity index (χ3v) is 23.5. The second-order valence-electron chi connectivity index (χ2n) is 24.5. The van der Waals surface area contributed by atoms with Crippen molar-refractivity contribution in [1.29, 1.82) is 0 Å². The number of amides is 8. The summed E-state index contributed by atoms with van der Waals surface area (Å²) in [4.78, 5) is 69.7. The molecule has 3 aromatic carbocycles. The van der Waals surface area contributed by atoms with Crippen LogP contribution in [0, 0.1) is 7.05 Å². The van der Waals surface area contributed by atoms with E-state index in [4.69, 9.17) is 19.0 Å². The summed E-state index contributed by atoms with van der Waals surface area (Å²) in [5.41, 5.74) is 7.09. The van der Waals surface area contributed by atoms with Gasteiger partial charge in [-0.2, -0.15) is 14.5 Å². The number of urea groups is 4. The molecular formula is C72H83BBrN12NaO8PS4+. The standard InChI is InChI=1S/C15H23BN2O4.C15H15P.C12H13N3O2S.C11H13N3OS.C10H10N3OS.C6H6.C3H2BrNS.Na/c1-6-9-20-18-12-10-17(13(18)19)8-7-11(12)16-21-14(2,3)15(4,5)22-16;1-2-13-16(14-9-5-3-6-10-14)15-11-7-4-8-12-15;1-2-5-17-15-11-7-14(12(15)16)4-3-10(11)9-6-13-18-8-9;1-2-14-10-6-13(11(14)15)4-3-9(10)8-5-12-16-7-8;1-12-9-5-13(10(12)14)3-2-8(9)7-4-11-15-6-7;1-2-4-6-5-3-1;4-3-1-5-6-2-3;/h6-7,12H,1,8-10H2,2-5H3;2-13H,1H3;2-3,6,8,11H,1,4-5,7H2;3,5,7,10H,2,4,6H2,1H3;2,4,6,9H,1,3,5H2;1-6H;1-2H;/q;;;;-1;;;+1/p+1/b;13-2+;;;;;;. The van der Waals surface area contributed by atoms with Gasteiger partial charge in [0.25, 0.3) is 6.03 Å². The summed E-state index contributed by atoms with van der Waals surface area (Å²) >= 11 is 8.98. The molecule has 9 aliphatic heterocycles. The summed E-state index contributed by atoms with van der Waals surface area (Å²) in [7, 11) is 2.63. The largest absolute Gasteiger partial charge is 1.00 e. The number of allylic oxidation sites excluding steroid dienone is 1. The van der Waals surface area contributed by atoms with Gasteiger partial charge in [0.1, 0.15) is 16.7 Å². The van der Waals surface area contributed by atoms with E-state index in [0.717, 1.165) is 52.8 Å². The van der Waals surface area contributed by atoms with Crippen molar-refractivity contribution < 1.29 is 67.7 Å². The molecule has 8 amide bonds. The van der Waals surface area contributed by atoms with Crippen LogP contribution in [0.5, 0.6) is 0 Å². The topological polar surface area (TPSA) is 183 Å². The van der Waals surface area contributed by atoms with E-state index in [9.17, 15) is 19.2 Å². The average Bonchev–Trinajstić information content (AvgIpc) is 1.62. The molecule has 0 radical (unpaired) electrons. The van der Waals surface area contributed by atoms with Crippen LogP contribution in [0.15, 0.2) is 215 Å². The zero-order valence-corrected chi connectivity index (χ0v) is 65.3. The van der Waals surface area contributed by atoms with E-state index in [0.29, 0.717) is 45.9 Å². The fourth-order valence-corrected chi connectivity index (χ4v) is 16.8. The Balaban J connectivity index is 0.000000140. The predicted octanol–water partition coefficient (Wildman–Crippen LogP) is 10.6. The molecule has 7 aromatic rings. The van der Waals surface area contributed by atoms with E-state index < -0.39 is 26.2 Å². The minimum atomic E-state index is -0.731. The third kappa shape index (κ3) is 18.7. The van der Waals surface area contributed by atoms with E-state index in [1.54, 1.807) is 37.9 Å². The molecule has 4 unspecified atom stereocenters. The van der Waals surface area contributed by atoms with Gasteiger partial charge in [-0.05, 0) is 150 Å². The number of hydrogen-bond donors (Lipinski definition) is 0. The summed E-state index contributed by atoms with van der Waals surface area (Å²) < 4.78 is 29.5. The monoisotopic (exact) mass is 1520 g/mol. The fourth-order valence-electron chi connectivity index (χ4n) is 12.1. The molecule has 100 heavy (non-hydrogen) atoms. The first-order chi connectivity index (χ1) is 48.0. The summed E-state index contributed by atoms with van der Waals surface area (Å²) in [5.74, 6) is 2.34. The van der Waals surface area contributed by atoms with Gasteiger partial charge in [-0.1, -0.05) is 115 Å². The number of nitrogens with zero attached hydrogens (tertiary/aromatic N) is 12. The van der Waals surface area contributed by atoms with Crippen molar-refractivity contribution in [3.63, 3.8) is 0 Å². The Morgan fingerprint density at radius 3 is 1.38 bits per heavy atom. The van der Waals surface area contributed by atoms with Crippen molar-refractivity contribution in [2.24, 2.45) is 0 Å². The molecule has 5 fully saturated rings. The fraction of sp³-hybridized carbons (Fsp3) is 0.319. The first-order valence-electron chi connectivity index (χ1n) is 32.6. The normalized spacial score (nSPS) is 20.8. The molecule has 9 aliphatic rings. The van der Waals surface area contributed by atoms with Gasteiger partial charge in [-0.25, -0.2) is 27.5 Å². The van der Waals surface area contributed by atoms with Crippen LogP contribution < -0.4 is 40.2 Å². The van der Waals surface area contributed by atoms with Crippen LogP contribution >= 0.6 is 70.0 Å². The summed E-state index contributed by atoms with van der Waals surface area (Å²) in [6.45, 7) is 26.3. The first-order valence-corrected chi connectivity index (χ1v) is 38.3. The van der Waals surface area contributed by atoms with Crippen molar-refractivity contribution in [1.82, 2.24) is 57.0 Å². The Kier molecular flexibility index (Phi) is 28.6. The predicted molar refractivity (Wildman–Crippen MR) is 405 cm³/mol. The maximum Gasteiger partial charge on any atom is 1.00 e. The minimum Gasteiger partial charge on any atom is -0.470 e. The minimum absolute atomic E-state index is 0. The molecule has 0 aliphatic carbocycles. The van der Waals surface area contributed by atoms with E-state index in [2.05, 4.69) is 157 Å². The van der Waals surface area contributed by atoms with E-state index in [1.165, 1.54) is 83.6 Å². The number of rotatable bonds is 14. The van der Waals surface area contributed by atoms with E-state index in [1.807, 2.05) is 122 Å². The zero-order valence-electron chi connectivity index (χ0n) is 57.4. The summed E-state index contributed by atoms with van der Waals surface area (Å²) in [6, 6.07) is 33.6. The van der Waals surface area contributed by atoms with Gasteiger partial charge >= 0.3 is 54.8 Å². The van der Waals surface area contributed by atoms with E-state index in [-0.39, 0.29) is 77.8 Å². The quantitative estimate of drug-likeness (QED) is 0.0435. The Morgan fingerprint density at radius 1 is 0.570 bits per heavy atom. The number of hydrogen-bond acceptors (Lipinski definition) is 16. The van der Waals surface area contributed by atoms with Crippen LogP contribution in [0.25, 0.3) is 16.7 Å². The number of carbonyl (C=O) groups excluding carboxylic acids is 4. The van der Waals surface area contributed by atoms with Gasteiger partial charge in [-0.3, -0.25) is 21.5 Å². The molecule has 16 rings (SSSR count). The van der Waals surface area contributed by atoms with Gasteiger partial charge < -0.3 is 38.7 Å². The van der Waals surface area contributed by atoms with E-state index >= 15 is 0 Å². The molecular weight excluding hydrogens is 1430 g/mol. The van der Waals surface area contributed by atoms with Gasteiger partial charge in [0.2, 0.25) is 0 Å². The van der Waals surface area contributed by atoms with Gasteiger partial charge in [-0.15, -0.1) is 13.2 Å². The molecule has 20 nitrogen and oxygen atoms in total. The number of halogens is 1. The molecule has 8 bridgehead atoms. The summed E-state index contributed by atoms with van der Waals surface area (Å²) in [5, 5.41) is 13.8. The Morgan fingerprint density at radius 2 is 0.960 bits per heavy atom. The van der Waals surface area contributed by atoms with Crippen molar-refractivity contribution >= 4 is 129 Å². The number of carbonyl (C=O) groups is 4. The Hall–Kier alpha value is -6.75. The second-order valence-corrected chi connectivity index (χ2v) is 30.4. The van der Waals surface area contributed by atoms with Gasteiger partial charge in [0.15, 0.2) is 0 Å². The number of fused-ring (bicyclic) bond motifs is 8. The van der Waals surface area contributed by atoms with Crippen LogP contribution in [0.4, 0.5) is 19.2 Å². The second kappa shape index (κ2) is 36.9. The molecule has 5 saturated heterocycles. The van der Waals surface area contributed by atoms with Crippen molar-refractivity contribution in [3.8, 4) is 0 Å². The maximum absolute atomic E-state index is 12.3. The van der Waals surface area contributed by atoms with Gasteiger partial charge in [0.05, 0.1) is 63.0 Å². The zero-order chi connectivity index (χ0) is 70.1. The molecule has 13 heterocycles. The van der Waals surface area contributed by atoms with Crippen LogP contribution in [-0.4, -0.2) is 196 Å². The Labute approximate surface area is 635 Å². The molecule has 0 spiro atoms. The molecule has 4 aromatic heterocycles. The number of hydroxylamine groups is 4. The number of aromatic nitrogens is 4. The molecule has 0 N–H and O–H groups in total.